The molecule has 0 spiro atoms. The zero-order chi connectivity index (χ0) is 32.9. The summed E-state index contributed by atoms with van der Waals surface area (Å²) in [5, 5.41) is 3.49. The van der Waals surface area contributed by atoms with Crippen LogP contribution in [0.15, 0.2) is 0 Å². The Bertz CT molecular complexity index is 882. The standard InChI is InChI=1S/C33H60N6O6/c1-4-35-20-22-36(5-2)24-26-38(27-25-37(6-3)23-21-35)28-29(40)14-10-7-8-11-15-30(41)34-19-13-9-12-16-33(44)45-39-31(42)17-18-32(39)43/h4-28H2,1-3H3,(H,34,41). The molecule has 0 aliphatic carbocycles. The lowest BCUT2D eigenvalue weighted by Crippen LogP contribution is -2.46. The highest BCUT2D eigenvalue weighted by atomic mass is 16.7. The molecule has 12 heteroatoms. The molecule has 2 aliphatic rings. The zero-order valence-electron chi connectivity index (χ0n) is 28.4. The van der Waals surface area contributed by atoms with Crippen molar-refractivity contribution in [2.75, 3.05) is 85.1 Å². The smallest absolute Gasteiger partial charge is 0.333 e. The van der Waals surface area contributed by atoms with Gasteiger partial charge in [-0.1, -0.05) is 40.0 Å². The third kappa shape index (κ3) is 16.6. The van der Waals surface area contributed by atoms with E-state index in [-0.39, 0.29) is 25.2 Å². The topological polar surface area (TPSA) is 123 Å². The van der Waals surface area contributed by atoms with Gasteiger partial charge < -0.3 is 24.9 Å². The van der Waals surface area contributed by atoms with Gasteiger partial charge in [-0.15, -0.1) is 5.06 Å². The summed E-state index contributed by atoms with van der Waals surface area (Å²) in [6.45, 7) is 19.1. The van der Waals surface area contributed by atoms with Crippen molar-refractivity contribution in [2.24, 2.45) is 0 Å². The molecule has 0 aromatic rings. The predicted molar refractivity (Wildman–Crippen MR) is 174 cm³/mol. The van der Waals surface area contributed by atoms with Gasteiger partial charge in [0, 0.05) is 91.0 Å². The molecule has 2 rings (SSSR count). The number of hydrogen-bond acceptors (Lipinski definition) is 10. The van der Waals surface area contributed by atoms with Gasteiger partial charge in [0.15, 0.2) is 0 Å². The summed E-state index contributed by atoms with van der Waals surface area (Å²) >= 11 is 0. The van der Waals surface area contributed by atoms with Crippen LogP contribution in [-0.2, 0) is 28.8 Å². The fraction of sp³-hybridized carbons (Fsp3) is 0.848. The molecule has 2 saturated heterocycles. The predicted octanol–water partition coefficient (Wildman–Crippen LogP) is 2.46. The molecule has 2 aliphatic heterocycles. The summed E-state index contributed by atoms with van der Waals surface area (Å²) in [4.78, 5) is 74.5. The van der Waals surface area contributed by atoms with Gasteiger partial charge in [-0.05, 0) is 45.3 Å². The van der Waals surface area contributed by atoms with Gasteiger partial charge >= 0.3 is 5.97 Å². The Morgan fingerprint density at radius 1 is 0.600 bits per heavy atom. The number of hydrogen-bond donors (Lipinski definition) is 1. The number of ketones is 1. The minimum Gasteiger partial charge on any atom is -0.356 e. The molecule has 3 amide bonds. The SMILES string of the molecule is CCN1CCN(CC)CCN(CC(=O)CCCCCCC(=O)NCCCCCC(=O)ON2C(=O)CCC2=O)CCN(CC)CC1. The second-order valence-corrected chi connectivity index (χ2v) is 12.2. The van der Waals surface area contributed by atoms with Crippen LogP contribution in [0, 0.1) is 0 Å². The maximum Gasteiger partial charge on any atom is 0.333 e. The fourth-order valence-corrected chi connectivity index (χ4v) is 5.67. The third-order valence-corrected chi connectivity index (χ3v) is 8.86. The van der Waals surface area contributed by atoms with Gasteiger partial charge in [-0.2, -0.15) is 0 Å². The summed E-state index contributed by atoms with van der Waals surface area (Å²) < 4.78 is 0. The molecule has 1 N–H and O–H groups in total. The summed E-state index contributed by atoms with van der Waals surface area (Å²) in [6, 6.07) is 0. The highest BCUT2D eigenvalue weighted by molar-refractivity contribution is 6.01. The van der Waals surface area contributed by atoms with Crippen LogP contribution in [0.5, 0.6) is 0 Å². The van der Waals surface area contributed by atoms with Crippen molar-refractivity contribution in [3.63, 3.8) is 0 Å². The average molecular weight is 637 g/mol. The van der Waals surface area contributed by atoms with Crippen molar-refractivity contribution in [1.82, 2.24) is 30.0 Å². The highest BCUT2D eigenvalue weighted by Gasteiger charge is 2.32. The van der Waals surface area contributed by atoms with Crippen molar-refractivity contribution in [3.05, 3.63) is 0 Å². The number of imide groups is 1. The van der Waals surface area contributed by atoms with Crippen LogP contribution in [0.1, 0.15) is 97.8 Å². The first-order chi connectivity index (χ1) is 21.7. The van der Waals surface area contributed by atoms with Crippen molar-refractivity contribution in [2.45, 2.75) is 97.8 Å². The normalized spacial score (nSPS) is 18.5. The molecule has 0 radical (unpaired) electrons. The van der Waals surface area contributed by atoms with Gasteiger partial charge in [-0.3, -0.25) is 24.1 Å². The fourth-order valence-electron chi connectivity index (χ4n) is 5.67. The van der Waals surface area contributed by atoms with Crippen LogP contribution in [0.2, 0.25) is 0 Å². The Balaban J connectivity index is 1.52. The molecule has 0 unspecified atom stereocenters. The van der Waals surface area contributed by atoms with E-state index in [9.17, 15) is 24.0 Å². The number of nitrogens with one attached hydrogen (secondary N) is 1. The molecule has 0 aromatic heterocycles. The van der Waals surface area contributed by atoms with Gasteiger partial charge in [0.05, 0.1) is 6.54 Å². The number of likely N-dealkylation sites (N-methyl/N-ethyl adjacent to an activating group) is 3. The number of unbranched alkanes of at least 4 members (excludes halogenated alkanes) is 5. The summed E-state index contributed by atoms with van der Waals surface area (Å²) in [7, 11) is 0. The lowest BCUT2D eigenvalue weighted by atomic mass is 10.1. The second kappa shape index (κ2) is 23.0. The van der Waals surface area contributed by atoms with Crippen LogP contribution < -0.4 is 5.32 Å². The number of hydroxylamine groups is 2. The largest absolute Gasteiger partial charge is 0.356 e. The molecule has 45 heavy (non-hydrogen) atoms. The quantitative estimate of drug-likeness (QED) is 0.167. The van der Waals surface area contributed by atoms with E-state index >= 15 is 0 Å². The van der Waals surface area contributed by atoms with E-state index in [2.05, 4.69) is 45.7 Å². The Morgan fingerprint density at radius 3 is 1.56 bits per heavy atom. The van der Waals surface area contributed by atoms with E-state index in [1.165, 1.54) is 0 Å². The van der Waals surface area contributed by atoms with Gasteiger partial charge in [0.2, 0.25) is 5.91 Å². The van der Waals surface area contributed by atoms with E-state index in [0.717, 1.165) is 111 Å². The molecule has 258 valence electrons. The van der Waals surface area contributed by atoms with E-state index < -0.39 is 17.8 Å². The lowest BCUT2D eigenvalue weighted by Gasteiger charge is -2.33. The van der Waals surface area contributed by atoms with Crippen LogP contribution in [0.25, 0.3) is 0 Å². The molecule has 12 nitrogen and oxygen atoms in total. The van der Waals surface area contributed by atoms with Crippen LogP contribution in [0.3, 0.4) is 0 Å². The molecule has 0 saturated carbocycles. The van der Waals surface area contributed by atoms with Crippen molar-refractivity contribution < 1.29 is 28.8 Å². The van der Waals surface area contributed by atoms with E-state index in [1.54, 1.807) is 0 Å². The van der Waals surface area contributed by atoms with E-state index in [0.29, 0.717) is 43.2 Å². The Kier molecular flexibility index (Phi) is 19.8. The number of carbonyl (C=O) groups excluding carboxylic acids is 5. The molecular weight excluding hydrogens is 576 g/mol. The van der Waals surface area contributed by atoms with Gasteiger partial charge in [0.25, 0.3) is 11.8 Å². The minimum absolute atomic E-state index is 0.0245. The van der Waals surface area contributed by atoms with Crippen molar-refractivity contribution >= 4 is 29.5 Å². The first kappa shape index (κ1) is 38.8. The summed E-state index contributed by atoms with van der Waals surface area (Å²) in [6.07, 6.45) is 6.95. The first-order valence-corrected chi connectivity index (χ1v) is 17.5. The average Bonchev–Trinajstić information content (AvgIpc) is 3.34. The molecule has 0 atom stereocenters. The van der Waals surface area contributed by atoms with E-state index in [4.69, 9.17) is 4.84 Å². The van der Waals surface area contributed by atoms with Crippen LogP contribution in [-0.4, -0.2) is 139 Å². The van der Waals surface area contributed by atoms with Crippen LogP contribution >= 0.6 is 0 Å². The number of amides is 3. The molecule has 2 fully saturated rings. The Labute approximate surface area is 271 Å². The number of nitrogens with zero attached hydrogens (tertiary/aromatic N) is 5. The second-order valence-electron chi connectivity index (χ2n) is 12.2. The van der Waals surface area contributed by atoms with Crippen molar-refractivity contribution in [1.29, 1.82) is 0 Å². The zero-order valence-corrected chi connectivity index (χ0v) is 28.4. The number of Topliss-reactive ketones (excluding diaryl/α,β-unsaturated/α-hetero) is 1. The van der Waals surface area contributed by atoms with E-state index in [1.807, 2.05) is 0 Å². The Hall–Kier alpha value is -2.41. The maximum absolute atomic E-state index is 12.9. The highest BCUT2D eigenvalue weighted by Crippen LogP contribution is 2.13. The Morgan fingerprint density at radius 2 is 1.04 bits per heavy atom. The summed E-state index contributed by atoms with van der Waals surface area (Å²) in [5.74, 6) is -1.20. The van der Waals surface area contributed by atoms with Crippen molar-refractivity contribution in [3.8, 4) is 0 Å². The molecule has 0 bridgehead atoms. The van der Waals surface area contributed by atoms with Gasteiger partial charge in [0.1, 0.15) is 5.78 Å². The third-order valence-electron chi connectivity index (χ3n) is 8.86. The number of rotatable bonds is 19. The maximum atomic E-state index is 12.9. The lowest BCUT2D eigenvalue weighted by molar-refractivity contribution is -0.197. The van der Waals surface area contributed by atoms with Crippen LogP contribution in [0.4, 0.5) is 0 Å². The first-order valence-electron chi connectivity index (χ1n) is 17.5. The molecule has 2 heterocycles. The monoisotopic (exact) mass is 636 g/mol. The summed E-state index contributed by atoms with van der Waals surface area (Å²) in [5.41, 5.74) is 0. The molecular formula is C33H60N6O6. The van der Waals surface area contributed by atoms with Gasteiger partial charge in [-0.25, -0.2) is 4.79 Å². The minimum atomic E-state index is -0.589. The molecule has 0 aromatic carbocycles. The number of carbonyl (C=O) groups is 5.